The molecule has 150 valence electrons. The number of aromatic amines is 1. The van der Waals surface area contributed by atoms with Crippen molar-refractivity contribution in [1.82, 2.24) is 15.1 Å². The summed E-state index contributed by atoms with van der Waals surface area (Å²) in [5.74, 6) is -3.49. The number of nitrogens with one attached hydrogen (secondary N) is 2. The number of aromatic nitrogens is 2. The Kier molecular flexibility index (Phi) is 5.58. The van der Waals surface area contributed by atoms with Crippen LogP contribution in [0.1, 0.15) is 34.1 Å². The van der Waals surface area contributed by atoms with E-state index >= 15 is 0 Å². The average molecular weight is 401 g/mol. The Morgan fingerprint density at radius 2 is 1.90 bits per heavy atom. The van der Waals surface area contributed by atoms with Gasteiger partial charge >= 0.3 is 5.97 Å². The van der Waals surface area contributed by atoms with Crippen molar-refractivity contribution in [1.29, 1.82) is 0 Å². The number of aliphatic carboxylic acids is 1. The Morgan fingerprint density at radius 3 is 2.59 bits per heavy atom. The minimum atomic E-state index is -1.12. The third-order valence-corrected chi connectivity index (χ3v) is 4.36. The zero-order valence-electron chi connectivity index (χ0n) is 15.3. The summed E-state index contributed by atoms with van der Waals surface area (Å²) in [6, 6.07) is 9.63. The van der Waals surface area contributed by atoms with Crippen molar-refractivity contribution in [2.75, 3.05) is 0 Å². The van der Waals surface area contributed by atoms with Crippen LogP contribution in [-0.4, -0.2) is 26.8 Å². The van der Waals surface area contributed by atoms with Crippen LogP contribution in [0.25, 0.3) is 5.69 Å². The third-order valence-electron chi connectivity index (χ3n) is 4.36. The van der Waals surface area contributed by atoms with Gasteiger partial charge in [-0.1, -0.05) is 24.3 Å². The molecule has 0 saturated carbocycles. The van der Waals surface area contributed by atoms with E-state index in [1.807, 2.05) is 0 Å². The summed E-state index contributed by atoms with van der Waals surface area (Å²) in [7, 11) is 0. The summed E-state index contributed by atoms with van der Waals surface area (Å²) in [5, 5.41) is 14.2. The molecule has 3 rings (SSSR count). The maximum atomic E-state index is 14.0. The molecule has 0 radical (unpaired) electrons. The zero-order chi connectivity index (χ0) is 21.1. The van der Waals surface area contributed by atoms with Crippen molar-refractivity contribution in [2.45, 2.75) is 19.4 Å². The van der Waals surface area contributed by atoms with Crippen LogP contribution in [-0.2, 0) is 4.79 Å². The van der Waals surface area contributed by atoms with E-state index in [9.17, 15) is 28.3 Å². The predicted octanol–water partition coefficient (Wildman–Crippen LogP) is 2.70. The van der Waals surface area contributed by atoms with Gasteiger partial charge in [-0.3, -0.25) is 19.5 Å². The smallest absolute Gasteiger partial charge is 0.305 e. The lowest BCUT2D eigenvalue weighted by Crippen LogP contribution is -2.31. The van der Waals surface area contributed by atoms with E-state index in [4.69, 9.17) is 0 Å². The molecule has 7 nitrogen and oxygen atoms in total. The van der Waals surface area contributed by atoms with E-state index in [-0.39, 0.29) is 17.8 Å². The van der Waals surface area contributed by atoms with Crippen molar-refractivity contribution in [2.24, 2.45) is 0 Å². The lowest BCUT2D eigenvalue weighted by Gasteiger charge is -2.19. The average Bonchev–Trinajstić information content (AvgIpc) is 3.05. The van der Waals surface area contributed by atoms with Crippen molar-refractivity contribution in [3.63, 3.8) is 0 Å². The highest BCUT2D eigenvalue weighted by Crippen LogP contribution is 2.21. The molecule has 0 aliphatic carbocycles. The van der Waals surface area contributed by atoms with Gasteiger partial charge in [0.2, 0.25) is 0 Å². The zero-order valence-corrected chi connectivity index (χ0v) is 15.3. The standard InChI is InChI=1S/C20H17F2N3O4/c1-11-4-2-3-5-13(11)15(10-19(27)28)23-20(29)16-9-18(26)25(24-16)17-8-12(21)6-7-14(17)22/h2-9,15,24H,10H2,1H3,(H,23,29)(H,27,28)/t15-/m0/s1. The Bertz CT molecular complexity index is 1140. The van der Waals surface area contributed by atoms with Crippen molar-refractivity contribution < 1.29 is 23.5 Å². The lowest BCUT2D eigenvalue weighted by atomic mass is 9.98. The summed E-state index contributed by atoms with van der Waals surface area (Å²) >= 11 is 0. The van der Waals surface area contributed by atoms with Gasteiger partial charge in [0.05, 0.1) is 12.5 Å². The van der Waals surface area contributed by atoms with Crippen molar-refractivity contribution >= 4 is 11.9 Å². The number of carbonyl (C=O) groups is 2. The molecular formula is C20H17F2N3O4. The number of rotatable bonds is 6. The molecule has 0 aliphatic heterocycles. The van der Waals surface area contributed by atoms with Crippen LogP contribution in [0.2, 0.25) is 0 Å². The topological polar surface area (TPSA) is 104 Å². The van der Waals surface area contributed by atoms with Crippen molar-refractivity contribution in [3.8, 4) is 5.69 Å². The number of amides is 1. The van der Waals surface area contributed by atoms with Gasteiger partial charge in [-0.25, -0.2) is 13.5 Å². The highest BCUT2D eigenvalue weighted by atomic mass is 19.1. The Morgan fingerprint density at radius 1 is 1.17 bits per heavy atom. The molecule has 9 heteroatoms. The van der Waals surface area contributed by atoms with Gasteiger partial charge in [-0.15, -0.1) is 0 Å². The molecule has 0 fully saturated rings. The fraction of sp³-hybridized carbons (Fsp3) is 0.150. The number of carbonyl (C=O) groups excluding carboxylic acids is 1. The number of hydrogen-bond acceptors (Lipinski definition) is 3. The predicted molar refractivity (Wildman–Crippen MR) is 99.9 cm³/mol. The number of aryl methyl sites for hydroxylation is 1. The van der Waals surface area contributed by atoms with Crippen LogP contribution in [0, 0.1) is 18.6 Å². The van der Waals surface area contributed by atoms with E-state index in [1.165, 1.54) is 0 Å². The maximum absolute atomic E-state index is 14.0. The molecule has 2 aromatic carbocycles. The van der Waals surface area contributed by atoms with Gasteiger partial charge in [0.25, 0.3) is 11.5 Å². The Labute approximate surface area is 163 Å². The van der Waals surface area contributed by atoms with Gasteiger partial charge < -0.3 is 10.4 Å². The second-order valence-corrected chi connectivity index (χ2v) is 6.42. The lowest BCUT2D eigenvalue weighted by molar-refractivity contribution is -0.137. The van der Waals surface area contributed by atoms with Gasteiger partial charge in [-0.2, -0.15) is 0 Å². The highest BCUT2D eigenvalue weighted by molar-refractivity contribution is 5.92. The molecule has 0 bridgehead atoms. The normalized spacial score (nSPS) is 11.8. The second-order valence-electron chi connectivity index (χ2n) is 6.42. The number of benzene rings is 2. The molecule has 1 amide bonds. The summed E-state index contributed by atoms with van der Waals surface area (Å²) in [6.45, 7) is 1.78. The number of carboxylic acids is 1. The third kappa shape index (κ3) is 4.40. The number of carboxylic acid groups (broad SMARTS) is 1. The number of H-pyrrole nitrogens is 1. The first-order valence-corrected chi connectivity index (χ1v) is 8.62. The van der Waals surface area contributed by atoms with E-state index in [2.05, 4.69) is 10.4 Å². The second kappa shape index (κ2) is 8.09. The maximum Gasteiger partial charge on any atom is 0.305 e. The minimum absolute atomic E-state index is 0.220. The molecule has 0 saturated heterocycles. The Balaban J connectivity index is 1.92. The molecular weight excluding hydrogens is 384 g/mol. The summed E-state index contributed by atoms with van der Waals surface area (Å²) < 4.78 is 28.1. The summed E-state index contributed by atoms with van der Waals surface area (Å²) in [5.41, 5.74) is 0.0242. The monoisotopic (exact) mass is 401 g/mol. The molecule has 0 unspecified atom stereocenters. The van der Waals surface area contributed by atoms with E-state index in [1.54, 1.807) is 31.2 Å². The fourth-order valence-electron chi connectivity index (χ4n) is 2.98. The van der Waals surface area contributed by atoms with Crippen LogP contribution >= 0.6 is 0 Å². The SMILES string of the molecule is Cc1ccccc1[C@H](CC(=O)O)NC(=O)c1cc(=O)n(-c2cc(F)ccc2F)[nH]1. The highest BCUT2D eigenvalue weighted by Gasteiger charge is 2.22. The first kappa shape index (κ1) is 20.0. The van der Waals surface area contributed by atoms with Crippen LogP contribution in [0.5, 0.6) is 0 Å². The van der Waals surface area contributed by atoms with E-state index in [0.717, 1.165) is 29.8 Å². The van der Waals surface area contributed by atoms with Crippen LogP contribution in [0.15, 0.2) is 53.3 Å². The first-order chi connectivity index (χ1) is 13.8. The van der Waals surface area contributed by atoms with Gasteiger partial charge in [0.15, 0.2) is 0 Å². The van der Waals surface area contributed by atoms with Crippen LogP contribution in [0.4, 0.5) is 8.78 Å². The number of hydrogen-bond donors (Lipinski definition) is 3. The van der Waals surface area contributed by atoms with Crippen molar-refractivity contribution in [3.05, 3.63) is 87.3 Å². The largest absolute Gasteiger partial charge is 0.481 e. The number of nitrogens with zero attached hydrogens (tertiary/aromatic N) is 1. The first-order valence-electron chi connectivity index (χ1n) is 8.62. The minimum Gasteiger partial charge on any atom is -0.481 e. The van der Waals surface area contributed by atoms with Gasteiger partial charge in [-0.05, 0) is 30.2 Å². The molecule has 1 atom stereocenters. The van der Waals surface area contributed by atoms with Crippen LogP contribution in [0.3, 0.4) is 0 Å². The molecule has 1 aromatic heterocycles. The van der Waals surface area contributed by atoms with E-state index in [0.29, 0.717) is 10.2 Å². The molecule has 3 aromatic rings. The summed E-state index contributed by atoms with van der Waals surface area (Å²) in [6.07, 6.45) is -0.375. The molecule has 0 aliphatic rings. The van der Waals surface area contributed by atoms with Gasteiger partial charge in [0.1, 0.15) is 23.0 Å². The number of halogens is 2. The van der Waals surface area contributed by atoms with Gasteiger partial charge in [0, 0.05) is 12.1 Å². The molecule has 0 spiro atoms. The van der Waals surface area contributed by atoms with Crippen LogP contribution < -0.4 is 10.9 Å². The Hall–Kier alpha value is -3.75. The fourth-order valence-corrected chi connectivity index (χ4v) is 2.98. The molecule has 3 N–H and O–H groups in total. The molecule has 29 heavy (non-hydrogen) atoms. The molecule has 1 heterocycles. The quantitative estimate of drug-likeness (QED) is 0.591. The van der Waals surface area contributed by atoms with E-state index < -0.39 is 35.1 Å². The summed E-state index contributed by atoms with van der Waals surface area (Å²) in [4.78, 5) is 36.0.